The molecule has 2 atom stereocenters. The first kappa shape index (κ1) is 15.5. The van der Waals surface area contributed by atoms with Crippen molar-refractivity contribution in [2.75, 3.05) is 20.1 Å². The molecule has 0 spiro atoms. The minimum atomic E-state index is -0.161. The molecule has 112 valence electrons. The second-order valence-corrected chi connectivity index (χ2v) is 5.78. The molecule has 1 aliphatic heterocycles. The van der Waals surface area contributed by atoms with E-state index in [0.717, 1.165) is 19.0 Å². The molecule has 0 aromatic heterocycles. The summed E-state index contributed by atoms with van der Waals surface area (Å²) in [5, 5.41) is 3.36. The van der Waals surface area contributed by atoms with Gasteiger partial charge in [0, 0.05) is 18.6 Å². The summed E-state index contributed by atoms with van der Waals surface area (Å²) in [7, 11) is 1.99. The lowest BCUT2D eigenvalue weighted by atomic mass is 9.98. The smallest absolute Gasteiger partial charge is 0.123 e. The highest BCUT2D eigenvalue weighted by Gasteiger charge is 2.21. The molecule has 0 saturated carbocycles. The largest absolute Gasteiger partial charge is 0.313 e. The second-order valence-electron chi connectivity index (χ2n) is 5.78. The van der Waals surface area contributed by atoms with Gasteiger partial charge in [-0.3, -0.25) is 0 Å². The molecule has 1 N–H and O–H groups in total. The molecule has 3 heteroatoms. The van der Waals surface area contributed by atoms with Crippen molar-refractivity contribution in [2.24, 2.45) is 0 Å². The average molecular weight is 278 g/mol. The van der Waals surface area contributed by atoms with Crippen LogP contribution in [0.5, 0.6) is 0 Å². The van der Waals surface area contributed by atoms with Gasteiger partial charge in [-0.15, -0.1) is 0 Å². The van der Waals surface area contributed by atoms with Crippen molar-refractivity contribution in [2.45, 2.75) is 51.1 Å². The number of rotatable bonds is 6. The van der Waals surface area contributed by atoms with Crippen LogP contribution in [0.2, 0.25) is 0 Å². The lowest BCUT2D eigenvalue weighted by molar-refractivity contribution is 0.138. The fourth-order valence-electron chi connectivity index (χ4n) is 3.28. The van der Waals surface area contributed by atoms with E-state index in [9.17, 15) is 4.39 Å². The molecule has 0 bridgehead atoms. The van der Waals surface area contributed by atoms with Crippen LogP contribution in [0.3, 0.4) is 0 Å². The molecule has 2 nitrogen and oxygen atoms in total. The van der Waals surface area contributed by atoms with E-state index >= 15 is 0 Å². The van der Waals surface area contributed by atoms with Crippen molar-refractivity contribution in [3.8, 4) is 0 Å². The lowest BCUT2D eigenvalue weighted by Crippen LogP contribution is -2.40. The summed E-state index contributed by atoms with van der Waals surface area (Å²) in [5.74, 6) is -0.161. The monoisotopic (exact) mass is 278 g/mol. The second kappa shape index (κ2) is 7.75. The van der Waals surface area contributed by atoms with Crippen LogP contribution < -0.4 is 5.32 Å². The van der Waals surface area contributed by atoms with Gasteiger partial charge in [0.25, 0.3) is 0 Å². The number of nitrogens with zero attached hydrogens (tertiary/aromatic N) is 1. The van der Waals surface area contributed by atoms with Gasteiger partial charge in [-0.1, -0.05) is 25.5 Å². The molecule has 0 aliphatic carbocycles. The third-order valence-corrected chi connectivity index (χ3v) is 4.55. The predicted molar refractivity (Wildman–Crippen MR) is 82.3 cm³/mol. The molecule has 2 unspecified atom stereocenters. The Balaban J connectivity index is 1.91. The summed E-state index contributed by atoms with van der Waals surface area (Å²) in [5.41, 5.74) is 1.18. The SMILES string of the molecule is CCC1CCCCN1CCC(NC)c1ccc(F)cc1. The molecule has 2 rings (SSSR count). The van der Waals surface area contributed by atoms with E-state index in [1.807, 2.05) is 19.2 Å². The van der Waals surface area contributed by atoms with Crippen LogP contribution in [0.15, 0.2) is 24.3 Å². The first-order valence-electron chi connectivity index (χ1n) is 7.91. The molecule has 1 saturated heterocycles. The Hall–Kier alpha value is -0.930. The summed E-state index contributed by atoms with van der Waals surface area (Å²) in [6, 6.07) is 7.96. The molecule has 1 aromatic carbocycles. The molecular formula is C17H27FN2. The van der Waals surface area contributed by atoms with Crippen LogP contribution >= 0.6 is 0 Å². The Kier molecular flexibility index (Phi) is 5.99. The summed E-state index contributed by atoms with van der Waals surface area (Å²) < 4.78 is 13.0. The number of piperidine rings is 1. The van der Waals surface area contributed by atoms with Gasteiger partial charge in [-0.25, -0.2) is 4.39 Å². The van der Waals surface area contributed by atoms with Crippen LogP contribution in [0.4, 0.5) is 4.39 Å². The fraction of sp³-hybridized carbons (Fsp3) is 0.647. The average Bonchev–Trinajstić information content (AvgIpc) is 2.50. The Morgan fingerprint density at radius 2 is 2.05 bits per heavy atom. The fourth-order valence-corrected chi connectivity index (χ4v) is 3.28. The van der Waals surface area contributed by atoms with E-state index < -0.39 is 0 Å². The maximum absolute atomic E-state index is 13.0. The van der Waals surface area contributed by atoms with E-state index in [1.54, 1.807) is 12.1 Å². The van der Waals surface area contributed by atoms with Crippen LogP contribution in [0.1, 0.15) is 50.6 Å². The highest BCUT2D eigenvalue weighted by molar-refractivity contribution is 5.19. The highest BCUT2D eigenvalue weighted by atomic mass is 19.1. The van der Waals surface area contributed by atoms with E-state index in [-0.39, 0.29) is 5.82 Å². The Morgan fingerprint density at radius 3 is 2.70 bits per heavy atom. The maximum Gasteiger partial charge on any atom is 0.123 e. The molecule has 1 aromatic rings. The number of likely N-dealkylation sites (tertiary alicyclic amines) is 1. The number of benzene rings is 1. The van der Waals surface area contributed by atoms with Crippen LogP contribution in [0, 0.1) is 5.82 Å². The van der Waals surface area contributed by atoms with Crippen molar-refractivity contribution < 1.29 is 4.39 Å². The molecule has 0 amide bonds. The topological polar surface area (TPSA) is 15.3 Å². The first-order chi connectivity index (χ1) is 9.74. The predicted octanol–water partition coefficient (Wildman–Crippen LogP) is 3.74. The summed E-state index contributed by atoms with van der Waals surface area (Å²) >= 11 is 0. The maximum atomic E-state index is 13.0. The zero-order chi connectivity index (χ0) is 14.4. The Morgan fingerprint density at radius 1 is 1.30 bits per heavy atom. The van der Waals surface area contributed by atoms with Gasteiger partial charge >= 0.3 is 0 Å². The zero-order valence-corrected chi connectivity index (χ0v) is 12.7. The normalized spacial score (nSPS) is 21.9. The number of nitrogens with one attached hydrogen (secondary N) is 1. The van der Waals surface area contributed by atoms with Gasteiger partial charge in [-0.2, -0.15) is 0 Å². The van der Waals surface area contributed by atoms with E-state index in [1.165, 1.54) is 37.8 Å². The molecule has 1 fully saturated rings. The van der Waals surface area contributed by atoms with Crippen molar-refractivity contribution in [1.29, 1.82) is 0 Å². The van der Waals surface area contributed by atoms with E-state index in [4.69, 9.17) is 0 Å². The molecule has 1 aliphatic rings. The van der Waals surface area contributed by atoms with Crippen LogP contribution in [0.25, 0.3) is 0 Å². The third-order valence-electron chi connectivity index (χ3n) is 4.55. The third kappa shape index (κ3) is 4.03. The number of hydrogen-bond donors (Lipinski definition) is 1. The molecule has 1 heterocycles. The van der Waals surface area contributed by atoms with E-state index in [0.29, 0.717) is 6.04 Å². The van der Waals surface area contributed by atoms with Crippen molar-refractivity contribution in [1.82, 2.24) is 10.2 Å². The number of hydrogen-bond acceptors (Lipinski definition) is 2. The summed E-state index contributed by atoms with van der Waals surface area (Å²) in [6.07, 6.45) is 6.39. The van der Waals surface area contributed by atoms with Crippen LogP contribution in [-0.2, 0) is 0 Å². The zero-order valence-electron chi connectivity index (χ0n) is 12.7. The first-order valence-corrected chi connectivity index (χ1v) is 7.91. The quantitative estimate of drug-likeness (QED) is 0.852. The van der Waals surface area contributed by atoms with Crippen molar-refractivity contribution in [3.63, 3.8) is 0 Å². The van der Waals surface area contributed by atoms with Crippen LogP contribution in [-0.4, -0.2) is 31.1 Å². The van der Waals surface area contributed by atoms with Gasteiger partial charge in [-0.05, 0) is 57.0 Å². The van der Waals surface area contributed by atoms with E-state index in [2.05, 4.69) is 17.1 Å². The standard InChI is InChI=1S/C17H27FN2/c1-3-16-6-4-5-12-20(16)13-11-17(19-2)14-7-9-15(18)10-8-14/h7-10,16-17,19H,3-6,11-13H2,1-2H3. The molecule has 20 heavy (non-hydrogen) atoms. The molecule has 0 radical (unpaired) electrons. The summed E-state index contributed by atoms with van der Waals surface area (Å²) in [4.78, 5) is 2.64. The summed E-state index contributed by atoms with van der Waals surface area (Å²) in [6.45, 7) is 4.65. The lowest BCUT2D eigenvalue weighted by Gasteiger charge is -2.36. The van der Waals surface area contributed by atoms with Gasteiger partial charge in [0.15, 0.2) is 0 Å². The van der Waals surface area contributed by atoms with Gasteiger partial charge in [0.1, 0.15) is 5.82 Å². The van der Waals surface area contributed by atoms with Gasteiger partial charge in [0.05, 0.1) is 0 Å². The Labute approximate surface area is 122 Å². The minimum absolute atomic E-state index is 0.161. The van der Waals surface area contributed by atoms with Crippen molar-refractivity contribution in [3.05, 3.63) is 35.6 Å². The Bertz CT molecular complexity index is 390. The number of halogens is 1. The van der Waals surface area contributed by atoms with Crippen molar-refractivity contribution >= 4 is 0 Å². The minimum Gasteiger partial charge on any atom is -0.313 e. The van der Waals surface area contributed by atoms with Gasteiger partial charge in [0.2, 0.25) is 0 Å². The molecular weight excluding hydrogens is 251 g/mol. The van der Waals surface area contributed by atoms with Gasteiger partial charge < -0.3 is 10.2 Å². The highest BCUT2D eigenvalue weighted by Crippen LogP contribution is 2.23.